The molecule has 0 saturated heterocycles. The number of nitrogens with one attached hydrogen (secondary N) is 1. The van der Waals surface area contributed by atoms with Gasteiger partial charge in [-0.3, -0.25) is 10.2 Å². The fourth-order valence-corrected chi connectivity index (χ4v) is 3.47. The molecule has 2 rings (SSSR count). The van der Waals surface area contributed by atoms with Gasteiger partial charge in [0.1, 0.15) is 18.3 Å². The highest BCUT2D eigenvalue weighted by Crippen LogP contribution is 2.26. The number of carbonyl (C=O) groups is 1. The van der Waals surface area contributed by atoms with Crippen LogP contribution in [0.15, 0.2) is 42.6 Å². The van der Waals surface area contributed by atoms with Crippen molar-refractivity contribution in [1.29, 1.82) is 0 Å². The van der Waals surface area contributed by atoms with Gasteiger partial charge in [-0.1, -0.05) is 49.8 Å². The summed E-state index contributed by atoms with van der Waals surface area (Å²) in [6.45, 7) is 7.31. The lowest BCUT2D eigenvalue weighted by atomic mass is 9.93. The van der Waals surface area contributed by atoms with E-state index in [1.807, 2.05) is 44.3 Å². The summed E-state index contributed by atoms with van der Waals surface area (Å²) in [7, 11) is 4.06. The maximum atomic E-state index is 13.2. The van der Waals surface area contributed by atoms with Crippen LogP contribution < -0.4 is 5.32 Å². The lowest BCUT2D eigenvalue weighted by molar-refractivity contribution is -0.159. The van der Waals surface area contributed by atoms with Gasteiger partial charge in [-0.05, 0) is 45.6 Å². The van der Waals surface area contributed by atoms with Crippen LogP contribution in [0.1, 0.15) is 39.2 Å². The average molecular weight is 360 g/mol. The number of rotatable bonds is 8. The first kappa shape index (κ1) is 20.5. The van der Waals surface area contributed by atoms with E-state index in [0.29, 0.717) is 0 Å². The van der Waals surface area contributed by atoms with Crippen molar-refractivity contribution in [1.82, 2.24) is 15.1 Å². The Morgan fingerprint density at radius 2 is 1.96 bits per heavy atom. The van der Waals surface area contributed by atoms with Gasteiger partial charge < -0.3 is 9.64 Å². The number of likely N-dealkylation sites (N-methyl/N-ethyl adjacent to an activating group) is 2. The first-order valence-electron chi connectivity index (χ1n) is 9.48. The molecule has 1 aromatic rings. The zero-order chi connectivity index (χ0) is 19.2. The molecule has 0 aromatic heterocycles. The lowest BCUT2D eigenvalue weighted by Gasteiger charge is -2.49. The molecule has 26 heavy (non-hydrogen) atoms. The van der Waals surface area contributed by atoms with E-state index in [9.17, 15) is 4.79 Å². The highest BCUT2D eigenvalue weighted by Gasteiger charge is 2.48. The van der Waals surface area contributed by atoms with E-state index in [2.05, 4.69) is 48.3 Å². The molecule has 144 valence electrons. The van der Waals surface area contributed by atoms with Gasteiger partial charge in [-0.2, -0.15) is 0 Å². The minimum atomic E-state index is -0.827. The molecule has 0 spiro atoms. The lowest BCUT2D eigenvalue weighted by Crippen LogP contribution is -2.69. The minimum absolute atomic E-state index is 0.123. The van der Waals surface area contributed by atoms with Crippen LogP contribution in [0.25, 0.3) is 0 Å². The minimum Gasteiger partial charge on any atom is -0.459 e. The van der Waals surface area contributed by atoms with Gasteiger partial charge in [0.05, 0.1) is 0 Å². The topological polar surface area (TPSA) is 44.8 Å². The Balaban J connectivity index is 2.19. The third-order valence-electron chi connectivity index (χ3n) is 5.19. The number of nitrogens with zero attached hydrogens (tertiary/aromatic N) is 2. The number of hydrogen-bond acceptors (Lipinski definition) is 5. The SMILES string of the molecule is CCCCNC(C)(C(=O)OCc1ccccc1)C1N(C)C=C[C@@H](C)N1C. The van der Waals surface area contributed by atoms with E-state index in [1.165, 1.54) is 0 Å². The summed E-state index contributed by atoms with van der Waals surface area (Å²) >= 11 is 0. The van der Waals surface area contributed by atoms with Crippen molar-refractivity contribution in [3.63, 3.8) is 0 Å². The Morgan fingerprint density at radius 1 is 1.27 bits per heavy atom. The molecule has 5 nitrogen and oxygen atoms in total. The van der Waals surface area contributed by atoms with Crippen molar-refractivity contribution < 1.29 is 9.53 Å². The second kappa shape index (κ2) is 9.19. The monoisotopic (exact) mass is 359 g/mol. The van der Waals surface area contributed by atoms with Gasteiger partial charge >= 0.3 is 5.97 Å². The molecule has 0 radical (unpaired) electrons. The number of carbonyl (C=O) groups excluding carboxylic acids is 1. The van der Waals surface area contributed by atoms with Crippen molar-refractivity contribution in [2.45, 2.75) is 58.0 Å². The normalized spacial score (nSPS) is 22.9. The molecule has 0 amide bonds. The van der Waals surface area contributed by atoms with E-state index in [0.717, 1.165) is 24.9 Å². The molecule has 0 bridgehead atoms. The van der Waals surface area contributed by atoms with Gasteiger partial charge in [0, 0.05) is 13.1 Å². The zero-order valence-corrected chi connectivity index (χ0v) is 16.7. The summed E-state index contributed by atoms with van der Waals surface area (Å²) in [4.78, 5) is 17.5. The Bertz CT molecular complexity index is 605. The third kappa shape index (κ3) is 4.65. The van der Waals surface area contributed by atoms with Crippen LogP contribution in [-0.4, -0.2) is 54.2 Å². The Kier molecular flexibility index (Phi) is 7.23. The van der Waals surface area contributed by atoms with E-state index < -0.39 is 5.54 Å². The van der Waals surface area contributed by atoms with E-state index in [4.69, 9.17) is 4.74 Å². The number of benzene rings is 1. The molecule has 1 aliphatic heterocycles. The number of hydrogen-bond donors (Lipinski definition) is 1. The van der Waals surface area contributed by atoms with Crippen molar-refractivity contribution in [2.24, 2.45) is 0 Å². The summed E-state index contributed by atoms with van der Waals surface area (Å²) in [5.41, 5.74) is 0.169. The molecule has 1 heterocycles. The van der Waals surface area contributed by atoms with Gasteiger partial charge in [0.25, 0.3) is 0 Å². The fraction of sp³-hybridized carbons (Fsp3) is 0.571. The van der Waals surface area contributed by atoms with Crippen LogP contribution in [0.2, 0.25) is 0 Å². The highest BCUT2D eigenvalue weighted by molar-refractivity contribution is 5.81. The maximum Gasteiger partial charge on any atom is 0.329 e. The molecule has 5 heteroatoms. The Hall–Kier alpha value is -1.85. The molecule has 3 atom stereocenters. The molecule has 0 aliphatic carbocycles. The van der Waals surface area contributed by atoms with Crippen LogP contribution in [0.3, 0.4) is 0 Å². The molecule has 0 fully saturated rings. The van der Waals surface area contributed by atoms with Gasteiger partial charge in [0.15, 0.2) is 0 Å². The summed E-state index contributed by atoms with van der Waals surface area (Å²) in [6, 6.07) is 10.1. The van der Waals surface area contributed by atoms with Crippen molar-refractivity contribution in [3.05, 3.63) is 48.2 Å². The Labute approximate surface area is 158 Å². The van der Waals surface area contributed by atoms with Crippen LogP contribution in [-0.2, 0) is 16.1 Å². The van der Waals surface area contributed by atoms with Crippen LogP contribution in [0.4, 0.5) is 0 Å². The molecular weight excluding hydrogens is 326 g/mol. The first-order chi connectivity index (χ1) is 12.4. The second-order valence-electron chi connectivity index (χ2n) is 7.33. The summed E-state index contributed by atoms with van der Waals surface area (Å²) in [5, 5.41) is 3.49. The molecule has 0 saturated carbocycles. The van der Waals surface area contributed by atoms with Gasteiger partial charge in [-0.15, -0.1) is 0 Å². The van der Waals surface area contributed by atoms with E-state index >= 15 is 0 Å². The van der Waals surface area contributed by atoms with E-state index in [1.54, 1.807) is 0 Å². The molecule has 1 N–H and O–H groups in total. The zero-order valence-electron chi connectivity index (χ0n) is 16.7. The third-order valence-corrected chi connectivity index (χ3v) is 5.19. The second-order valence-corrected chi connectivity index (χ2v) is 7.33. The van der Waals surface area contributed by atoms with E-state index in [-0.39, 0.29) is 24.8 Å². The van der Waals surface area contributed by atoms with Crippen LogP contribution >= 0.6 is 0 Å². The summed E-state index contributed by atoms with van der Waals surface area (Å²) in [6.07, 6.45) is 6.17. The van der Waals surface area contributed by atoms with Crippen molar-refractivity contribution in [2.75, 3.05) is 20.6 Å². The molecular formula is C21H33N3O2. The Morgan fingerprint density at radius 3 is 2.62 bits per heavy atom. The van der Waals surface area contributed by atoms with Crippen molar-refractivity contribution in [3.8, 4) is 0 Å². The van der Waals surface area contributed by atoms with Crippen molar-refractivity contribution >= 4 is 5.97 Å². The van der Waals surface area contributed by atoms with Crippen LogP contribution in [0.5, 0.6) is 0 Å². The first-order valence-corrected chi connectivity index (χ1v) is 9.48. The summed E-state index contributed by atoms with van der Waals surface area (Å²) < 4.78 is 5.73. The summed E-state index contributed by atoms with van der Waals surface area (Å²) in [5.74, 6) is -0.219. The predicted molar refractivity (Wildman–Crippen MR) is 105 cm³/mol. The highest BCUT2D eigenvalue weighted by atomic mass is 16.5. The number of esters is 1. The van der Waals surface area contributed by atoms with Crippen LogP contribution in [0, 0.1) is 0 Å². The standard InChI is InChI=1S/C21H33N3O2/c1-6-7-14-22-21(3,19-23(4)15-13-17(2)24(19)5)20(25)26-16-18-11-9-8-10-12-18/h8-13,15,17,19,22H,6-7,14,16H2,1-5H3/t17-,19?,21?/m1/s1. The number of unbranched alkanes of at least 4 members (excludes halogenated alkanes) is 1. The largest absolute Gasteiger partial charge is 0.459 e. The smallest absolute Gasteiger partial charge is 0.329 e. The maximum absolute atomic E-state index is 13.2. The van der Waals surface area contributed by atoms with Gasteiger partial charge in [-0.25, -0.2) is 4.79 Å². The average Bonchev–Trinajstić information content (AvgIpc) is 2.64. The quantitative estimate of drug-likeness (QED) is 0.571. The molecule has 1 aliphatic rings. The predicted octanol–water partition coefficient (Wildman–Crippen LogP) is 2.98. The van der Waals surface area contributed by atoms with Gasteiger partial charge in [0.2, 0.25) is 0 Å². The fourth-order valence-electron chi connectivity index (χ4n) is 3.47. The molecule has 2 unspecified atom stereocenters. The molecule has 1 aromatic carbocycles. The number of ether oxygens (including phenoxy) is 1.